The van der Waals surface area contributed by atoms with E-state index in [9.17, 15) is 18.8 Å². The minimum Gasteiger partial charge on any atom is -0.353 e. The molecule has 0 radical (unpaired) electrons. The quantitative estimate of drug-likeness (QED) is 0.526. The largest absolute Gasteiger partial charge is 0.353 e. The van der Waals surface area contributed by atoms with Gasteiger partial charge < -0.3 is 15.0 Å². The molecule has 2 fully saturated rings. The molecular weight excluding hydrogens is 499 g/mol. The zero-order chi connectivity index (χ0) is 27.4. The molecule has 2 aliphatic rings. The number of rotatable bonds is 6. The summed E-state index contributed by atoms with van der Waals surface area (Å²) in [5.74, 6) is -1.29. The Labute approximate surface area is 226 Å². The Balaban J connectivity index is 1.34. The Morgan fingerprint density at radius 3 is 2.28 bits per heavy atom. The molecule has 0 unspecified atom stereocenters. The topological polar surface area (TPSA) is 91.8 Å². The zero-order valence-corrected chi connectivity index (χ0v) is 21.8. The highest BCUT2D eigenvalue weighted by molar-refractivity contribution is 5.98. The molecule has 8 nitrogen and oxygen atoms in total. The van der Waals surface area contributed by atoms with Gasteiger partial charge in [0.15, 0.2) is 0 Å². The van der Waals surface area contributed by atoms with Crippen molar-refractivity contribution in [1.29, 1.82) is 0 Å². The van der Waals surface area contributed by atoms with Crippen molar-refractivity contribution in [1.82, 2.24) is 20.1 Å². The average molecular weight is 531 g/mol. The fourth-order valence-electron chi connectivity index (χ4n) is 5.23. The maximum absolute atomic E-state index is 13.8. The van der Waals surface area contributed by atoms with Crippen molar-refractivity contribution < 1.29 is 23.5 Å². The van der Waals surface area contributed by atoms with Crippen molar-refractivity contribution >= 4 is 17.7 Å². The molecule has 202 valence electrons. The van der Waals surface area contributed by atoms with E-state index in [-0.39, 0.29) is 30.5 Å². The molecule has 2 aliphatic heterocycles. The van der Waals surface area contributed by atoms with Crippen LogP contribution in [-0.2, 0) is 22.5 Å². The molecule has 0 bridgehead atoms. The number of benzene rings is 2. The summed E-state index contributed by atoms with van der Waals surface area (Å²) in [5.41, 5.74) is 1.81. The summed E-state index contributed by atoms with van der Waals surface area (Å²) >= 11 is 0. The molecule has 1 aromatic heterocycles. The third-order valence-corrected chi connectivity index (χ3v) is 7.50. The highest BCUT2D eigenvalue weighted by atomic mass is 19.1. The summed E-state index contributed by atoms with van der Waals surface area (Å²) in [5, 5.41) is 2.89. The standard InChI is InChI=1S/C30H31FN4O4/c1-2-21-5-7-23(8-6-21)28(37)34-16-13-30(14-17-34)35(29(38)24-9-11-25(31)12-10-24)26(20-39-30)27(36)33-19-22-4-3-15-32-18-22/h3-12,15,18,26H,2,13-14,16-17,19-20H2,1H3,(H,33,36)/t26-/m0/s1. The van der Waals surface area contributed by atoms with Gasteiger partial charge in [-0.3, -0.25) is 24.3 Å². The smallest absolute Gasteiger partial charge is 0.256 e. The first-order chi connectivity index (χ1) is 18.9. The molecule has 3 amide bonds. The maximum atomic E-state index is 13.8. The number of piperidine rings is 1. The SMILES string of the molecule is CCc1ccc(C(=O)N2CCC3(CC2)OC[C@@H](C(=O)NCc2cccnc2)N3C(=O)c2ccc(F)cc2)cc1. The van der Waals surface area contributed by atoms with Gasteiger partial charge in [-0.05, 0) is 60.0 Å². The van der Waals surface area contributed by atoms with Crippen molar-refractivity contribution in [2.45, 2.75) is 44.5 Å². The Morgan fingerprint density at radius 2 is 1.64 bits per heavy atom. The van der Waals surface area contributed by atoms with E-state index in [1.165, 1.54) is 29.2 Å². The number of likely N-dealkylation sites (tertiary alicyclic amines) is 1. The number of aryl methyl sites for hydroxylation is 1. The molecule has 0 aliphatic carbocycles. The monoisotopic (exact) mass is 530 g/mol. The minimum atomic E-state index is -1.05. The van der Waals surface area contributed by atoms with Crippen LogP contribution >= 0.6 is 0 Å². The number of nitrogens with one attached hydrogen (secondary N) is 1. The van der Waals surface area contributed by atoms with E-state index in [0.29, 0.717) is 31.5 Å². The van der Waals surface area contributed by atoms with Crippen molar-refractivity contribution in [2.24, 2.45) is 0 Å². The lowest BCUT2D eigenvalue weighted by Crippen LogP contribution is -2.59. The van der Waals surface area contributed by atoms with Crippen molar-refractivity contribution in [3.05, 3.63) is 101 Å². The third kappa shape index (κ3) is 5.54. The second-order valence-electron chi connectivity index (χ2n) is 9.88. The first-order valence-electron chi connectivity index (χ1n) is 13.2. The Morgan fingerprint density at radius 1 is 0.974 bits per heavy atom. The van der Waals surface area contributed by atoms with Crippen LogP contribution in [0.2, 0.25) is 0 Å². The van der Waals surface area contributed by atoms with E-state index < -0.39 is 23.5 Å². The van der Waals surface area contributed by atoms with Crippen LogP contribution in [0.4, 0.5) is 4.39 Å². The zero-order valence-electron chi connectivity index (χ0n) is 21.8. The van der Waals surface area contributed by atoms with Crippen LogP contribution < -0.4 is 5.32 Å². The molecule has 9 heteroatoms. The number of pyridine rings is 1. The fraction of sp³-hybridized carbons (Fsp3) is 0.333. The lowest BCUT2D eigenvalue weighted by molar-refractivity contribution is -0.128. The lowest BCUT2D eigenvalue weighted by atomic mass is 9.96. The average Bonchev–Trinajstić information content (AvgIpc) is 3.35. The van der Waals surface area contributed by atoms with Crippen LogP contribution in [0.15, 0.2) is 73.1 Å². The van der Waals surface area contributed by atoms with Crippen LogP contribution in [0, 0.1) is 5.82 Å². The van der Waals surface area contributed by atoms with Crippen molar-refractivity contribution in [3.63, 3.8) is 0 Å². The number of carbonyl (C=O) groups excluding carboxylic acids is 3. The number of hydrogen-bond donors (Lipinski definition) is 1. The van der Waals surface area contributed by atoms with E-state index >= 15 is 0 Å². The molecule has 5 rings (SSSR count). The van der Waals surface area contributed by atoms with Crippen molar-refractivity contribution in [2.75, 3.05) is 19.7 Å². The van der Waals surface area contributed by atoms with Crippen LogP contribution in [-0.4, -0.2) is 64.0 Å². The first-order valence-corrected chi connectivity index (χ1v) is 13.2. The van der Waals surface area contributed by atoms with Gasteiger partial charge in [0.25, 0.3) is 11.8 Å². The second kappa shape index (κ2) is 11.3. The number of carbonyl (C=O) groups is 3. The van der Waals surface area contributed by atoms with Gasteiger partial charge in [-0.2, -0.15) is 0 Å². The Hall–Kier alpha value is -4.11. The maximum Gasteiger partial charge on any atom is 0.256 e. The van der Waals surface area contributed by atoms with Gasteiger partial charge in [0, 0.05) is 56.0 Å². The molecule has 1 atom stereocenters. The normalized spacial score (nSPS) is 18.3. The van der Waals surface area contributed by atoms with Crippen LogP contribution in [0.25, 0.3) is 0 Å². The number of aromatic nitrogens is 1. The molecule has 0 saturated carbocycles. The van der Waals surface area contributed by atoms with Gasteiger partial charge in [0.2, 0.25) is 5.91 Å². The van der Waals surface area contributed by atoms with Crippen LogP contribution in [0.5, 0.6) is 0 Å². The van der Waals surface area contributed by atoms with E-state index in [0.717, 1.165) is 17.5 Å². The highest BCUT2D eigenvalue weighted by Gasteiger charge is 2.54. The summed E-state index contributed by atoms with van der Waals surface area (Å²) in [4.78, 5) is 47.6. The van der Waals surface area contributed by atoms with E-state index in [4.69, 9.17) is 4.74 Å². The number of halogens is 1. The second-order valence-corrected chi connectivity index (χ2v) is 9.88. The molecule has 3 heterocycles. The number of ether oxygens (including phenoxy) is 1. The minimum absolute atomic E-state index is 0.0260. The van der Waals surface area contributed by atoms with Gasteiger partial charge in [0.05, 0.1) is 6.61 Å². The molecule has 3 aromatic rings. The number of hydrogen-bond acceptors (Lipinski definition) is 5. The third-order valence-electron chi connectivity index (χ3n) is 7.50. The van der Waals surface area contributed by atoms with Crippen molar-refractivity contribution in [3.8, 4) is 0 Å². The number of nitrogens with zero attached hydrogens (tertiary/aromatic N) is 3. The summed E-state index contributed by atoms with van der Waals surface area (Å²) in [6.07, 6.45) is 4.92. The molecule has 1 N–H and O–H groups in total. The Kier molecular flexibility index (Phi) is 7.70. The molecule has 2 aromatic carbocycles. The Bertz CT molecular complexity index is 1320. The van der Waals surface area contributed by atoms with Gasteiger partial charge in [-0.1, -0.05) is 25.1 Å². The summed E-state index contributed by atoms with van der Waals surface area (Å²) < 4.78 is 19.8. The predicted octanol–water partition coefficient (Wildman–Crippen LogP) is 3.57. The lowest BCUT2D eigenvalue weighted by Gasteiger charge is -2.44. The summed E-state index contributed by atoms with van der Waals surface area (Å²) in [6, 6.07) is 15.6. The van der Waals surface area contributed by atoms with Gasteiger partial charge >= 0.3 is 0 Å². The van der Waals surface area contributed by atoms with Gasteiger partial charge in [0.1, 0.15) is 17.6 Å². The molecule has 2 saturated heterocycles. The molecular formula is C30H31FN4O4. The predicted molar refractivity (Wildman–Crippen MR) is 142 cm³/mol. The fourth-order valence-corrected chi connectivity index (χ4v) is 5.23. The van der Waals surface area contributed by atoms with Crippen LogP contribution in [0.3, 0.4) is 0 Å². The number of amides is 3. The summed E-state index contributed by atoms with van der Waals surface area (Å²) in [7, 11) is 0. The van der Waals surface area contributed by atoms with E-state index in [1.807, 2.05) is 30.3 Å². The summed E-state index contributed by atoms with van der Waals surface area (Å²) in [6.45, 7) is 3.08. The van der Waals surface area contributed by atoms with E-state index in [2.05, 4.69) is 17.2 Å². The molecule has 39 heavy (non-hydrogen) atoms. The molecule has 1 spiro atoms. The van der Waals surface area contributed by atoms with Crippen LogP contribution in [0.1, 0.15) is 51.6 Å². The van der Waals surface area contributed by atoms with E-state index in [1.54, 1.807) is 23.4 Å². The first kappa shape index (κ1) is 26.5. The highest BCUT2D eigenvalue weighted by Crippen LogP contribution is 2.39. The van der Waals surface area contributed by atoms with Gasteiger partial charge in [-0.25, -0.2) is 4.39 Å². The van der Waals surface area contributed by atoms with Gasteiger partial charge in [-0.15, -0.1) is 0 Å².